The normalized spacial score (nSPS) is 13.2. The maximum absolute atomic E-state index is 13.3. The van der Waals surface area contributed by atoms with Gasteiger partial charge < -0.3 is 10.1 Å². The van der Waals surface area contributed by atoms with Crippen LogP contribution in [0.25, 0.3) is 11.3 Å². The van der Waals surface area contributed by atoms with E-state index in [4.69, 9.17) is 4.74 Å². The highest BCUT2D eigenvalue weighted by atomic mass is 32.2. The van der Waals surface area contributed by atoms with Crippen LogP contribution in [0.1, 0.15) is 49.2 Å². The number of hydrogen-bond donors (Lipinski definition) is 2. The van der Waals surface area contributed by atoms with Gasteiger partial charge in [-0.25, -0.2) is 18.1 Å². The molecule has 0 aliphatic carbocycles. The smallest absolute Gasteiger partial charge is 0.264 e. The van der Waals surface area contributed by atoms with Gasteiger partial charge >= 0.3 is 0 Å². The zero-order valence-corrected chi connectivity index (χ0v) is 26.2. The van der Waals surface area contributed by atoms with Crippen LogP contribution in [0.2, 0.25) is 0 Å². The first-order valence-corrected chi connectivity index (χ1v) is 15.2. The number of carbonyl (C=O) groups is 1. The molecule has 2 N–H and O–H groups in total. The number of rotatable bonds is 12. The molecular formula is C33H40N4O4S. The Morgan fingerprint density at radius 3 is 2.31 bits per heavy atom. The minimum atomic E-state index is -4.11. The number of aromatic nitrogens is 2. The van der Waals surface area contributed by atoms with E-state index in [9.17, 15) is 13.2 Å². The third-order valence-electron chi connectivity index (χ3n) is 6.69. The molecule has 3 aromatic rings. The summed E-state index contributed by atoms with van der Waals surface area (Å²) in [5, 5.41) is 3.13. The van der Waals surface area contributed by atoms with Gasteiger partial charge in [-0.3, -0.25) is 4.79 Å². The number of ether oxygens (including phenoxy) is 1. The van der Waals surface area contributed by atoms with Gasteiger partial charge in [-0.15, -0.1) is 0 Å². The van der Waals surface area contributed by atoms with E-state index in [-0.39, 0.29) is 27.7 Å². The van der Waals surface area contributed by atoms with Crippen molar-refractivity contribution in [2.24, 2.45) is 5.41 Å². The molecule has 2 aromatic carbocycles. The van der Waals surface area contributed by atoms with Gasteiger partial charge in [-0.1, -0.05) is 75.9 Å². The first-order chi connectivity index (χ1) is 19.8. The Balaban J connectivity index is 2.07. The van der Waals surface area contributed by atoms with E-state index in [2.05, 4.69) is 53.4 Å². The van der Waals surface area contributed by atoms with Crippen molar-refractivity contribution >= 4 is 22.3 Å². The molecule has 3 rings (SSSR count). The largest absolute Gasteiger partial charge is 0.468 e. The molecule has 0 radical (unpaired) electrons. The second kappa shape index (κ2) is 13.7. The number of nitrogens with one attached hydrogen (secondary N) is 2. The Kier molecular flexibility index (Phi) is 10.6. The van der Waals surface area contributed by atoms with E-state index in [1.807, 2.05) is 58.2 Å². The van der Waals surface area contributed by atoms with Crippen molar-refractivity contribution in [3.63, 3.8) is 0 Å². The van der Waals surface area contributed by atoms with E-state index in [1.54, 1.807) is 6.07 Å². The van der Waals surface area contributed by atoms with Crippen molar-refractivity contribution in [3.05, 3.63) is 101 Å². The van der Waals surface area contributed by atoms with Crippen molar-refractivity contribution in [1.29, 1.82) is 0 Å². The van der Waals surface area contributed by atoms with Gasteiger partial charge in [0.15, 0.2) is 0 Å². The van der Waals surface area contributed by atoms with Crippen LogP contribution in [-0.4, -0.2) is 44.4 Å². The highest BCUT2D eigenvalue weighted by molar-refractivity contribution is 7.92. The second-order valence-electron chi connectivity index (χ2n) is 11.0. The molecule has 0 saturated heterocycles. The van der Waals surface area contributed by atoms with E-state index >= 15 is 0 Å². The van der Waals surface area contributed by atoms with Crippen molar-refractivity contribution in [2.75, 3.05) is 18.3 Å². The summed E-state index contributed by atoms with van der Waals surface area (Å²) < 4.78 is 35.3. The van der Waals surface area contributed by atoms with Crippen LogP contribution in [0.15, 0.2) is 89.4 Å². The SMILES string of the molecule is C=C(/C=C\C(=C/C)C(C)(C)C)[C@@H](CNC)Oc1cc(-c2c(C)cccc2C)nc(NS(=O)(=O)c2cccc(C=O)c2)n1. The van der Waals surface area contributed by atoms with Crippen LogP contribution < -0.4 is 14.8 Å². The number of carbonyl (C=O) groups excluding carboxylic acids is 1. The highest BCUT2D eigenvalue weighted by Gasteiger charge is 2.21. The number of allylic oxidation sites excluding steroid dienone is 3. The number of aldehydes is 1. The molecule has 8 nitrogen and oxygen atoms in total. The van der Waals surface area contributed by atoms with Gasteiger partial charge in [0.1, 0.15) is 12.4 Å². The molecule has 0 amide bonds. The number of likely N-dealkylation sites (N-methyl/N-ethyl adjacent to an activating group) is 1. The molecular weight excluding hydrogens is 548 g/mol. The molecule has 1 aromatic heterocycles. The standard InChI is InChI=1S/C33H40N4O4S/c1-9-26(33(5,6)7)17-16-22(2)29(20-34-8)41-30-19-28(31-23(3)12-10-13-24(31)4)35-32(36-30)37-42(39,40)27-15-11-14-25(18-27)21-38/h9-19,21,29,34H,2,20H2,1,3-8H3,(H,35,36,37)/b17-16-,26-9+/t29-/m1/s1. The van der Waals surface area contributed by atoms with E-state index in [0.29, 0.717) is 24.1 Å². The lowest BCUT2D eigenvalue weighted by Crippen LogP contribution is -2.30. The predicted octanol–water partition coefficient (Wildman–Crippen LogP) is 6.45. The minimum absolute atomic E-state index is 0.0326. The summed E-state index contributed by atoms with van der Waals surface area (Å²) in [4.78, 5) is 20.1. The quantitative estimate of drug-likeness (QED) is 0.185. The highest BCUT2D eigenvalue weighted by Crippen LogP contribution is 2.31. The maximum Gasteiger partial charge on any atom is 0.264 e. The first kappa shape index (κ1) is 32.4. The number of benzene rings is 2. The van der Waals surface area contributed by atoms with Crippen molar-refractivity contribution < 1.29 is 17.9 Å². The summed E-state index contributed by atoms with van der Waals surface area (Å²) in [6, 6.07) is 13.3. The summed E-state index contributed by atoms with van der Waals surface area (Å²) >= 11 is 0. The monoisotopic (exact) mass is 588 g/mol. The van der Waals surface area contributed by atoms with Gasteiger partial charge in [-0.2, -0.15) is 4.98 Å². The molecule has 1 atom stereocenters. The van der Waals surface area contributed by atoms with E-state index in [1.165, 1.54) is 24.3 Å². The Hall–Kier alpha value is -4.08. The van der Waals surface area contributed by atoms with Crippen molar-refractivity contribution in [3.8, 4) is 17.1 Å². The van der Waals surface area contributed by atoms with Crippen molar-refractivity contribution in [2.45, 2.75) is 52.5 Å². The Morgan fingerprint density at radius 2 is 1.71 bits per heavy atom. The number of nitrogens with zero attached hydrogens (tertiary/aromatic N) is 2. The molecule has 9 heteroatoms. The van der Waals surface area contributed by atoms with Gasteiger partial charge in [0.25, 0.3) is 10.0 Å². The lowest BCUT2D eigenvalue weighted by Gasteiger charge is -2.22. The Labute approximate surface area is 249 Å². The van der Waals surface area contributed by atoms with Gasteiger partial charge in [0, 0.05) is 23.7 Å². The third kappa shape index (κ3) is 8.24. The minimum Gasteiger partial charge on any atom is -0.468 e. The van der Waals surface area contributed by atoms with Crippen molar-refractivity contribution in [1.82, 2.24) is 15.3 Å². The lowest BCUT2D eigenvalue weighted by atomic mass is 9.85. The molecule has 0 spiro atoms. The van der Waals surface area contributed by atoms with Gasteiger partial charge in [-0.05, 0) is 67.6 Å². The molecule has 0 fully saturated rings. The average molecular weight is 589 g/mol. The molecule has 1 heterocycles. The van der Waals surface area contributed by atoms with Crippen LogP contribution in [-0.2, 0) is 10.0 Å². The van der Waals surface area contributed by atoms with Gasteiger partial charge in [0.05, 0.1) is 10.6 Å². The van der Waals surface area contributed by atoms with E-state index < -0.39 is 16.1 Å². The molecule has 0 aliphatic heterocycles. The summed E-state index contributed by atoms with van der Waals surface area (Å²) in [6.45, 7) is 17.0. The third-order valence-corrected chi connectivity index (χ3v) is 8.02. The Bertz CT molecular complexity index is 1600. The Morgan fingerprint density at radius 1 is 1.05 bits per heavy atom. The van der Waals surface area contributed by atoms with Crippen LogP contribution in [0, 0.1) is 19.3 Å². The summed E-state index contributed by atoms with van der Waals surface area (Å²) in [7, 11) is -2.29. The van der Waals surface area contributed by atoms with Gasteiger partial charge in [0.2, 0.25) is 11.8 Å². The van der Waals surface area contributed by atoms with E-state index in [0.717, 1.165) is 22.3 Å². The fourth-order valence-corrected chi connectivity index (χ4v) is 5.47. The summed E-state index contributed by atoms with van der Waals surface area (Å²) in [5.74, 6) is 0.0221. The predicted molar refractivity (Wildman–Crippen MR) is 169 cm³/mol. The zero-order valence-electron chi connectivity index (χ0n) is 25.4. The lowest BCUT2D eigenvalue weighted by molar-refractivity contribution is 0.112. The number of aryl methyl sites for hydroxylation is 2. The molecule has 0 unspecified atom stereocenters. The first-order valence-electron chi connectivity index (χ1n) is 13.7. The van der Waals surface area contributed by atoms with Crippen LogP contribution in [0.4, 0.5) is 5.95 Å². The number of sulfonamides is 1. The average Bonchev–Trinajstić information content (AvgIpc) is 2.92. The molecule has 222 valence electrons. The fourth-order valence-electron chi connectivity index (χ4n) is 4.47. The number of anilines is 1. The second-order valence-corrected chi connectivity index (χ2v) is 12.7. The summed E-state index contributed by atoms with van der Waals surface area (Å²) in [6.07, 6.45) is 6.12. The van der Waals surface area contributed by atoms with Crippen LogP contribution in [0.3, 0.4) is 0 Å². The maximum atomic E-state index is 13.3. The molecule has 0 saturated carbocycles. The topological polar surface area (TPSA) is 110 Å². The summed E-state index contributed by atoms with van der Waals surface area (Å²) in [5.41, 5.74) is 5.35. The molecule has 0 bridgehead atoms. The fraction of sp³-hybridized carbons (Fsp3) is 0.303. The van der Waals surface area contributed by atoms with Crippen LogP contribution >= 0.6 is 0 Å². The zero-order chi connectivity index (χ0) is 31.1. The molecule has 42 heavy (non-hydrogen) atoms. The molecule has 0 aliphatic rings. The van der Waals surface area contributed by atoms with Crippen LogP contribution in [0.5, 0.6) is 5.88 Å². The number of hydrogen-bond acceptors (Lipinski definition) is 7.